The molecule has 2 atom stereocenters. The Morgan fingerprint density at radius 1 is 1.21 bits per heavy atom. The lowest BCUT2D eigenvalue weighted by Gasteiger charge is -2.45. The van der Waals surface area contributed by atoms with E-state index >= 15 is 0 Å². The molecule has 110 valence electrons. The third kappa shape index (κ3) is 2.96. The average Bonchev–Trinajstić information content (AvgIpc) is 2.47. The highest BCUT2D eigenvalue weighted by Gasteiger charge is 2.42. The summed E-state index contributed by atoms with van der Waals surface area (Å²) in [4.78, 5) is 14.1. The van der Waals surface area contributed by atoms with Gasteiger partial charge in [-0.25, -0.2) is 0 Å². The normalized spacial score (nSPS) is 32.1. The minimum atomic E-state index is -0.578. The smallest absolute Gasteiger partial charge is 0.309 e. The zero-order valence-corrected chi connectivity index (χ0v) is 12.5. The lowest BCUT2D eigenvalue weighted by atomic mass is 9.74. The highest BCUT2D eigenvalue weighted by molar-refractivity contribution is 5.74. The van der Waals surface area contributed by atoms with E-state index < -0.39 is 11.4 Å². The zero-order valence-electron chi connectivity index (χ0n) is 12.5. The number of carboxylic acid groups (broad SMARTS) is 1. The highest BCUT2D eigenvalue weighted by Crippen LogP contribution is 2.39. The average molecular weight is 267 g/mol. The van der Waals surface area contributed by atoms with E-state index in [4.69, 9.17) is 0 Å². The van der Waals surface area contributed by atoms with E-state index in [0.29, 0.717) is 0 Å². The van der Waals surface area contributed by atoms with Crippen molar-refractivity contribution >= 4 is 5.97 Å². The Balaban J connectivity index is 1.97. The third-order valence-electron chi connectivity index (χ3n) is 5.75. The Morgan fingerprint density at radius 3 is 2.37 bits per heavy atom. The van der Waals surface area contributed by atoms with Crippen LogP contribution in [0.25, 0.3) is 0 Å². The number of carbonyl (C=O) groups is 1. The molecule has 2 unspecified atom stereocenters. The van der Waals surface area contributed by atoms with Crippen LogP contribution in [0.5, 0.6) is 0 Å². The molecule has 2 aliphatic rings. The largest absolute Gasteiger partial charge is 0.481 e. The molecule has 1 N–H and O–H groups in total. The van der Waals surface area contributed by atoms with Gasteiger partial charge in [-0.05, 0) is 51.1 Å². The van der Waals surface area contributed by atoms with Gasteiger partial charge in [0, 0.05) is 6.04 Å². The molecule has 2 rings (SSSR count). The first-order valence-corrected chi connectivity index (χ1v) is 8.10. The summed E-state index contributed by atoms with van der Waals surface area (Å²) >= 11 is 0. The fraction of sp³-hybridized carbons (Fsp3) is 0.938. The van der Waals surface area contributed by atoms with Gasteiger partial charge in [-0.2, -0.15) is 0 Å². The van der Waals surface area contributed by atoms with Crippen molar-refractivity contribution in [3.05, 3.63) is 0 Å². The second kappa shape index (κ2) is 6.25. The van der Waals surface area contributed by atoms with E-state index in [1.165, 1.54) is 32.1 Å². The Morgan fingerprint density at radius 2 is 1.84 bits per heavy atom. The van der Waals surface area contributed by atoms with Crippen LogP contribution in [0.1, 0.15) is 65.2 Å². The predicted molar refractivity (Wildman–Crippen MR) is 77.2 cm³/mol. The number of rotatable bonds is 4. The van der Waals surface area contributed by atoms with Crippen LogP contribution in [-0.4, -0.2) is 35.1 Å². The van der Waals surface area contributed by atoms with Crippen LogP contribution in [0, 0.1) is 11.3 Å². The monoisotopic (exact) mass is 267 g/mol. The van der Waals surface area contributed by atoms with Crippen molar-refractivity contribution < 1.29 is 9.90 Å². The standard InChI is InChI=1S/C16H29NO2/c1-3-13-7-5-6-8-14(13)17-11-9-16(4-2,10-12-17)15(18)19/h13-14H,3-12H2,1-2H3,(H,18,19). The third-order valence-corrected chi connectivity index (χ3v) is 5.75. The van der Waals surface area contributed by atoms with E-state index in [0.717, 1.165) is 44.3 Å². The van der Waals surface area contributed by atoms with E-state index in [1.54, 1.807) is 0 Å². The number of nitrogens with zero attached hydrogens (tertiary/aromatic N) is 1. The molecule has 3 heteroatoms. The van der Waals surface area contributed by atoms with Gasteiger partial charge in [0.15, 0.2) is 0 Å². The Hall–Kier alpha value is -0.570. The molecule has 19 heavy (non-hydrogen) atoms. The summed E-state index contributed by atoms with van der Waals surface area (Å²) in [5.74, 6) is 0.262. The molecule has 1 saturated heterocycles. The molecular weight excluding hydrogens is 238 g/mol. The van der Waals surface area contributed by atoms with Crippen molar-refractivity contribution in [2.24, 2.45) is 11.3 Å². The molecule has 1 heterocycles. The van der Waals surface area contributed by atoms with Gasteiger partial charge in [-0.15, -0.1) is 0 Å². The fourth-order valence-electron chi connectivity index (χ4n) is 4.15. The van der Waals surface area contributed by atoms with Crippen LogP contribution in [0.2, 0.25) is 0 Å². The Kier molecular flexibility index (Phi) is 4.88. The summed E-state index contributed by atoms with van der Waals surface area (Å²) in [7, 11) is 0. The molecule has 2 fully saturated rings. The second-order valence-corrected chi connectivity index (χ2v) is 6.50. The van der Waals surface area contributed by atoms with Gasteiger partial charge >= 0.3 is 5.97 Å². The molecule has 1 aliphatic heterocycles. The van der Waals surface area contributed by atoms with Crippen LogP contribution in [0.4, 0.5) is 0 Å². The maximum absolute atomic E-state index is 11.5. The van der Waals surface area contributed by atoms with Crippen molar-refractivity contribution in [1.29, 1.82) is 0 Å². The summed E-state index contributed by atoms with van der Waals surface area (Å²) in [6.45, 7) is 6.31. The van der Waals surface area contributed by atoms with E-state index in [2.05, 4.69) is 11.8 Å². The van der Waals surface area contributed by atoms with Crippen LogP contribution < -0.4 is 0 Å². The topological polar surface area (TPSA) is 40.5 Å². The van der Waals surface area contributed by atoms with Gasteiger partial charge in [0.05, 0.1) is 5.41 Å². The maximum atomic E-state index is 11.5. The number of piperidine rings is 1. The minimum absolute atomic E-state index is 0.438. The Labute approximate surface area is 117 Å². The molecule has 1 saturated carbocycles. The number of likely N-dealkylation sites (tertiary alicyclic amines) is 1. The molecule has 0 aromatic carbocycles. The first-order valence-electron chi connectivity index (χ1n) is 8.10. The van der Waals surface area contributed by atoms with Gasteiger partial charge in [0.25, 0.3) is 0 Å². The zero-order chi connectivity index (χ0) is 13.9. The van der Waals surface area contributed by atoms with E-state index in [9.17, 15) is 9.90 Å². The molecule has 0 radical (unpaired) electrons. The molecule has 1 aliphatic carbocycles. The minimum Gasteiger partial charge on any atom is -0.481 e. The SMILES string of the molecule is CCC1CCCCC1N1CCC(CC)(C(=O)O)CC1. The summed E-state index contributed by atoms with van der Waals surface area (Å²) in [5, 5.41) is 9.46. The highest BCUT2D eigenvalue weighted by atomic mass is 16.4. The van der Waals surface area contributed by atoms with Gasteiger partial charge < -0.3 is 10.0 Å². The first-order chi connectivity index (χ1) is 9.13. The molecule has 0 spiro atoms. The molecule has 0 aromatic heterocycles. The van der Waals surface area contributed by atoms with Crippen molar-refractivity contribution in [3.8, 4) is 0 Å². The van der Waals surface area contributed by atoms with Crippen molar-refractivity contribution in [2.75, 3.05) is 13.1 Å². The van der Waals surface area contributed by atoms with Crippen molar-refractivity contribution in [1.82, 2.24) is 4.90 Å². The van der Waals surface area contributed by atoms with Crippen LogP contribution in [-0.2, 0) is 4.79 Å². The van der Waals surface area contributed by atoms with E-state index in [1.807, 2.05) is 6.92 Å². The van der Waals surface area contributed by atoms with Crippen LogP contribution >= 0.6 is 0 Å². The number of carboxylic acids is 1. The predicted octanol–water partition coefficient (Wildman–Crippen LogP) is 3.53. The molecule has 0 bridgehead atoms. The van der Waals surface area contributed by atoms with Gasteiger partial charge in [-0.1, -0.05) is 33.1 Å². The number of hydrogen-bond donors (Lipinski definition) is 1. The Bertz CT molecular complexity index is 308. The van der Waals surface area contributed by atoms with Gasteiger partial charge in [0.2, 0.25) is 0 Å². The number of hydrogen-bond acceptors (Lipinski definition) is 2. The molecule has 3 nitrogen and oxygen atoms in total. The molecule has 0 amide bonds. The second-order valence-electron chi connectivity index (χ2n) is 6.50. The quantitative estimate of drug-likeness (QED) is 0.847. The maximum Gasteiger partial charge on any atom is 0.309 e. The lowest BCUT2D eigenvalue weighted by molar-refractivity contribution is -0.153. The van der Waals surface area contributed by atoms with Crippen LogP contribution in [0.15, 0.2) is 0 Å². The lowest BCUT2D eigenvalue weighted by Crippen LogP contribution is -2.50. The summed E-state index contributed by atoms with van der Waals surface area (Å²) in [6.07, 6.45) is 9.17. The number of aliphatic carboxylic acids is 1. The van der Waals surface area contributed by atoms with Crippen molar-refractivity contribution in [2.45, 2.75) is 71.3 Å². The summed E-state index contributed by atoms with van der Waals surface area (Å²) < 4.78 is 0. The van der Waals surface area contributed by atoms with Gasteiger partial charge in [0.1, 0.15) is 0 Å². The van der Waals surface area contributed by atoms with E-state index in [-0.39, 0.29) is 0 Å². The fourth-order valence-corrected chi connectivity index (χ4v) is 4.15. The van der Waals surface area contributed by atoms with Crippen molar-refractivity contribution in [3.63, 3.8) is 0 Å². The summed E-state index contributed by atoms with van der Waals surface area (Å²) in [5.41, 5.74) is -0.438. The van der Waals surface area contributed by atoms with Gasteiger partial charge in [-0.3, -0.25) is 4.79 Å². The molecule has 0 aromatic rings. The first kappa shape index (κ1) is 14.8. The summed E-state index contributed by atoms with van der Waals surface area (Å²) in [6, 6.07) is 0.724. The van der Waals surface area contributed by atoms with Crippen LogP contribution in [0.3, 0.4) is 0 Å². The molecular formula is C16H29NO2.